The first kappa shape index (κ1) is 14.5. The van der Waals surface area contributed by atoms with E-state index in [-0.39, 0.29) is 5.91 Å². The molecule has 114 valence electrons. The van der Waals surface area contributed by atoms with Crippen molar-refractivity contribution < 1.29 is 9.53 Å². The first-order valence-corrected chi connectivity index (χ1v) is 7.23. The van der Waals surface area contributed by atoms with E-state index < -0.39 is 0 Å². The summed E-state index contributed by atoms with van der Waals surface area (Å²) in [5.41, 5.74) is 1.39. The summed E-state index contributed by atoms with van der Waals surface area (Å²) in [5, 5.41) is 0. The number of rotatable bonds is 3. The minimum Gasteiger partial charge on any atom is -0.378 e. The predicted octanol–water partition coefficient (Wildman–Crippen LogP) is 1.72. The fraction of sp³-hybridized carbons (Fsp3) is 0.312. The number of ether oxygens (including phenoxy) is 1. The average Bonchev–Trinajstić information content (AvgIpc) is 2.62. The molecule has 0 N–H and O–H groups in total. The monoisotopic (exact) mass is 298 g/mol. The van der Waals surface area contributed by atoms with Crippen molar-refractivity contribution in [2.45, 2.75) is 0 Å². The topological polar surface area (TPSA) is 58.6 Å². The van der Waals surface area contributed by atoms with Crippen molar-refractivity contribution in [1.82, 2.24) is 14.9 Å². The van der Waals surface area contributed by atoms with E-state index in [9.17, 15) is 4.79 Å². The van der Waals surface area contributed by atoms with Gasteiger partial charge in [-0.15, -0.1) is 0 Å². The number of carbonyl (C=O) groups excluding carboxylic acids is 1. The maximum atomic E-state index is 12.3. The van der Waals surface area contributed by atoms with Gasteiger partial charge in [-0.1, -0.05) is 18.2 Å². The predicted molar refractivity (Wildman–Crippen MR) is 83.3 cm³/mol. The Balaban J connectivity index is 1.73. The maximum Gasteiger partial charge on any atom is 0.274 e. The van der Waals surface area contributed by atoms with Gasteiger partial charge in [-0.2, -0.15) is 0 Å². The van der Waals surface area contributed by atoms with Crippen molar-refractivity contribution in [3.8, 4) is 0 Å². The Labute approximate surface area is 129 Å². The molecule has 0 spiro atoms. The normalized spacial score (nSPS) is 14.7. The third kappa shape index (κ3) is 3.07. The summed E-state index contributed by atoms with van der Waals surface area (Å²) in [6.07, 6.45) is 3.16. The molecule has 0 bridgehead atoms. The number of amides is 1. The summed E-state index contributed by atoms with van der Waals surface area (Å²) >= 11 is 0. The first-order valence-electron chi connectivity index (χ1n) is 7.23. The average molecular weight is 298 g/mol. The zero-order chi connectivity index (χ0) is 15.4. The summed E-state index contributed by atoms with van der Waals surface area (Å²) in [5.74, 6) is 0.606. The van der Waals surface area contributed by atoms with Gasteiger partial charge in [-0.05, 0) is 12.1 Å². The van der Waals surface area contributed by atoms with E-state index in [2.05, 4.69) is 9.97 Å². The molecule has 1 amide bonds. The van der Waals surface area contributed by atoms with Crippen LogP contribution in [0.1, 0.15) is 10.5 Å². The van der Waals surface area contributed by atoms with Crippen LogP contribution in [0.2, 0.25) is 0 Å². The summed E-state index contributed by atoms with van der Waals surface area (Å²) < 4.78 is 5.25. The highest BCUT2D eigenvalue weighted by atomic mass is 16.5. The van der Waals surface area contributed by atoms with Crippen LogP contribution < -0.4 is 4.90 Å². The zero-order valence-electron chi connectivity index (χ0n) is 12.5. The SMILES string of the molecule is CN(c1ccccc1)c1cnc(C(=O)N2CCOCC2)cn1. The highest BCUT2D eigenvalue weighted by molar-refractivity contribution is 5.92. The Morgan fingerprint density at radius 3 is 2.50 bits per heavy atom. The van der Waals surface area contributed by atoms with Crippen LogP contribution in [0.5, 0.6) is 0 Å². The van der Waals surface area contributed by atoms with E-state index in [0.29, 0.717) is 37.8 Å². The van der Waals surface area contributed by atoms with Gasteiger partial charge in [0.1, 0.15) is 5.69 Å². The molecule has 1 saturated heterocycles. The highest BCUT2D eigenvalue weighted by Gasteiger charge is 2.20. The molecule has 0 saturated carbocycles. The molecular weight excluding hydrogens is 280 g/mol. The van der Waals surface area contributed by atoms with E-state index in [4.69, 9.17) is 4.74 Å². The standard InChI is InChI=1S/C16H18N4O2/c1-19(13-5-3-2-4-6-13)15-12-17-14(11-18-15)16(21)20-7-9-22-10-8-20/h2-6,11-12H,7-10H2,1H3. The molecule has 1 aliphatic heterocycles. The van der Waals surface area contributed by atoms with E-state index >= 15 is 0 Å². The minimum absolute atomic E-state index is 0.0929. The van der Waals surface area contributed by atoms with Crippen molar-refractivity contribution >= 4 is 17.4 Å². The number of benzene rings is 1. The molecule has 0 atom stereocenters. The van der Waals surface area contributed by atoms with Crippen LogP contribution in [-0.4, -0.2) is 54.1 Å². The van der Waals surface area contributed by atoms with Crippen LogP contribution in [0.3, 0.4) is 0 Å². The van der Waals surface area contributed by atoms with Crippen LogP contribution >= 0.6 is 0 Å². The number of nitrogens with zero attached hydrogens (tertiary/aromatic N) is 4. The third-order valence-electron chi connectivity index (χ3n) is 3.64. The molecule has 6 heteroatoms. The molecule has 1 aromatic carbocycles. The van der Waals surface area contributed by atoms with Crippen LogP contribution in [-0.2, 0) is 4.74 Å². The largest absolute Gasteiger partial charge is 0.378 e. The Bertz CT molecular complexity index is 624. The Morgan fingerprint density at radius 1 is 1.14 bits per heavy atom. The Morgan fingerprint density at radius 2 is 1.86 bits per heavy atom. The van der Waals surface area contributed by atoms with Crippen molar-refractivity contribution in [2.24, 2.45) is 0 Å². The molecule has 2 aromatic rings. The number of hydrogen-bond donors (Lipinski definition) is 0. The lowest BCUT2D eigenvalue weighted by Crippen LogP contribution is -2.41. The molecule has 1 aliphatic rings. The third-order valence-corrected chi connectivity index (χ3v) is 3.64. The smallest absolute Gasteiger partial charge is 0.274 e. The number of morpholine rings is 1. The van der Waals surface area contributed by atoms with Gasteiger partial charge in [0.2, 0.25) is 0 Å². The summed E-state index contributed by atoms with van der Waals surface area (Å²) in [6, 6.07) is 9.89. The molecule has 3 rings (SSSR count). The number of carbonyl (C=O) groups is 1. The van der Waals surface area contributed by atoms with Crippen LogP contribution in [0.25, 0.3) is 0 Å². The second-order valence-corrected chi connectivity index (χ2v) is 5.06. The number of para-hydroxylation sites is 1. The zero-order valence-corrected chi connectivity index (χ0v) is 12.5. The van der Waals surface area contributed by atoms with Gasteiger partial charge in [0.05, 0.1) is 25.6 Å². The second-order valence-electron chi connectivity index (χ2n) is 5.06. The maximum absolute atomic E-state index is 12.3. The highest BCUT2D eigenvalue weighted by Crippen LogP contribution is 2.20. The number of anilines is 2. The van der Waals surface area contributed by atoms with Crippen LogP contribution in [0.15, 0.2) is 42.7 Å². The van der Waals surface area contributed by atoms with Crippen molar-refractivity contribution in [3.63, 3.8) is 0 Å². The lowest BCUT2D eigenvalue weighted by atomic mass is 10.3. The minimum atomic E-state index is -0.0929. The molecule has 6 nitrogen and oxygen atoms in total. The lowest BCUT2D eigenvalue weighted by Gasteiger charge is -2.26. The van der Waals surface area contributed by atoms with Crippen molar-refractivity contribution in [1.29, 1.82) is 0 Å². The van der Waals surface area contributed by atoms with Gasteiger partial charge in [0.15, 0.2) is 5.82 Å². The molecule has 0 unspecified atom stereocenters. The van der Waals surface area contributed by atoms with Gasteiger partial charge in [0.25, 0.3) is 5.91 Å². The van der Waals surface area contributed by atoms with Gasteiger partial charge in [-0.3, -0.25) is 4.79 Å². The number of hydrogen-bond acceptors (Lipinski definition) is 5. The summed E-state index contributed by atoms with van der Waals surface area (Å²) in [4.78, 5) is 24.6. The van der Waals surface area contributed by atoms with Gasteiger partial charge >= 0.3 is 0 Å². The fourth-order valence-electron chi connectivity index (χ4n) is 2.32. The van der Waals surface area contributed by atoms with Gasteiger partial charge in [0, 0.05) is 25.8 Å². The van der Waals surface area contributed by atoms with Gasteiger partial charge < -0.3 is 14.5 Å². The molecule has 2 heterocycles. The molecule has 0 aliphatic carbocycles. The van der Waals surface area contributed by atoms with E-state index in [1.807, 2.05) is 42.3 Å². The molecule has 22 heavy (non-hydrogen) atoms. The quantitative estimate of drug-likeness (QED) is 0.863. The first-order chi connectivity index (χ1) is 10.8. The van der Waals surface area contributed by atoms with Crippen LogP contribution in [0, 0.1) is 0 Å². The van der Waals surface area contributed by atoms with Crippen molar-refractivity contribution in [2.75, 3.05) is 38.3 Å². The van der Waals surface area contributed by atoms with Crippen molar-refractivity contribution in [3.05, 3.63) is 48.4 Å². The Kier molecular flexibility index (Phi) is 4.29. The second kappa shape index (κ2) is 6.53. The fourth-order valence-corrected chi connectivity index (χ4v) is 2.32. The summed E-state index contributed by atoms with van der Waals surface area (Å²) in [7, 11) is 1.92. The molecule has 1 fully saturated rings. The van der Waals surface area contributed by atoms with Crippen LogP contribution in [0.4, 0.5) is 11.5 Å². The van der Waals surface area contributed by atoms with Gasteiger partial charge in [-0.25, -0.2) is 9.97 Å². The van der Waals surface area contributed by atoms with E-state index in [0.717, 1.165) is 5.69 Å². The van der Waals surface area contributed by atoms with E-state index in [1.54, 1.807) is 11.1 Å². The van der Waals surface area contributed by atoms with E-state index in [1.165, 1.54) is 6.20 Å². The molecule has 1 aromatic heterocycles. The summed E-state index contributed by atoms with van der Waals surface area (Å²) in [6.45, 7) is 2.36. The molecular formula is C16H18N4O2. The lowest BCUT2D eigenvalue weighted by molar-refractivity contribution is 0.0298. The Hall–Kier alpha value is -2.47. The number of aromatic nitrogens is 2. The molecule has 0 radical (unpaired) electrons.